The fraction of sp³-hybridized carbons (Fsp3) is 0.368. The molecule has 1 aromatic carbocycles. The van der Waals surface area contributed by atoms with Crippen LogP contribution in [0, 0.1) is 6.92 Å². The number of nitrogens with one attached hydrogen (secondary N) is 1. The summed E-state index contributed by atoms with van der Waals surface area (Å²) in [5.41, 5.74) is 4.55. The molecule has 3 aromatic rings. The molecule has 0 aliphatic rings. The Morgan fingerprint density at radius 3 is 2.58 bits per heavy atom. The third-order valence-electron chi connectivity index (χ3n) is 4.10. The highest BCUT2D eigenvalue weighted by Gasteiger charge is 2.14. The first-order chi connectivity index (χ1) is 11.3. The maximum atomic E-state index is 4.63. The van der Waals surface area contributed by atoms with E-state index in [1.54, 1.807) is 0 Å². The predicted molar refractivity (Wildman–Crippen MR) is 97.9 cm³/mol. The Morgan fingerprint density at radius 2 is 1.92 bits per heavy atom. The summed E-state index contributed by atoms with van der Waals surface area (Å²) in [7, 11) is 1.96. The van der Waals surface area contributed by atoms with Crippen molar-refractivity contribution in [3.63, 3.8) is 0 Å². The van der Waals surface area contributed by atoms with Crippen molar-refractivity contribution in [1.29, 1.82) is 0 Å². The smallest absolute Gasteiger partial charge is 0.124 e. The number of aryl methyl sites for hydroxylation is 2. The number of rotatable bonds is 4. The van der Waals surface area contributed by atoms with E-state index in [9.17, 15) is 0 Å². The lowest BCUT2D eigenvalue weighted by atomic mass is 10.1. The van der Waals surface area contributed by atoms with Gasteiger partial charge in [-0.05, 0) is 33.3 Å². The van der Waals surface area contributed by atoms with E-state index in [1.165, 1.54) is 11.1 Å². The summed E-state index contributed by atoms with van der Waals surface area (Å²) in [6.07, 6.45) is 4.00. The van der Waals surface area contributed by atoms with Gasteiger partial charge in [-0.1, -0.05) is 24.3 Å². The largest absolute Gasteiger partial charge is 0.366 e. The van der Waals surface area contributed by atoms with Gasteiger partial charge in [0.15, 0.2) is 0 Å². The van der Waals surface area contributed by atoms with Crippen molar-refractivity contribution in [2.45, 2.75) is 39.8 Å². The molecule has 0 unspecified atom stereocenters. The molecule has 0 spiro atoms. The van der Waals surface area contributed by atoms with Gasteiger partial charge < -0.3 is 5.32 Å². The molecule has 5 heteroatoms. The molecule has 0 bridgehead atoms. The van der Waals surface area contributed by atoms with E-state index < -0.39 is 0 Å². The lowest BCUT2D eigenvalue weighted by molar-refractivity contribution is 0.355. The average Bonchev–Trinajstić information content (AvgIpc) is 3.12. The van der Waals surface area contributed by atoms with Gasteiger partial charge in [0.25, 0.3) is 0 Å². The van der Waals surface area contributed by atoms with Gasteiger partial charge in [0.1, 0.15) is 5.82 Å². The Bertz CT molecular complexity index is 836. The molecule has 0 fully saturated rings. The summed E-state index contributed by atoms with van der Waals surface area (Å²) >= 11 is 0. The molecule has 24 heavy (non-hydrogen) atoms. The molecule has 0 aliphatic carbocycles. The van der Waals surface area contributed by atoms with Crippen LogP contribution in [-0.2, 0) is 19.1 Å². The van der Waals surface area contributed by atoms with Crippen LogP contribution in [0.3, 0.4) is 0 Å². The van der Waals surface area contributed by atoms with Crippen LogP contribution >= 0.6 is 0 Å². The van der Waals surface area contributed by atoms with Gasteiger partial charge in [-0.25, -0.2) is 0 Å². The van der Waals surface area contributed by atoms with Crippen molar-refractivity contribution < 1.29 is 0 Å². The SMILES string of the molecule is Cc1ccccc1-c1cc(NCc2cnn(C(C)(C)C)c2)n(C)n1. The van der Waals surface area contributed by atoms with Gasteiger partial charge >= 0.3 is 0 Å². The Hall–Kier alpha value is -2.56. The minimum absolute atomic E-state index is 0.00276. The zero-order chi connectivity index (χ0) is 17.3. The van der Waals surface area contributed by atoms with Crippen LogP contribution in [0.1, 0.15) is 31.9 Å². The van der Waals surface area contributed by atoms with Crippen LogP contribution in [-0.4, -0.2) is 19.6 Å². The number of hydrogen-bond acceptors (Lipinski definition) is 3. The van der Waals surface area contributed by atoms with E-state index in [0.29, 0.717) is 0 Å². The van der Waals surface area contributed by atoms with E-state index in [2.05, 4.69) is 67.6 Å². The van der Waals surface area contributed by atoms with Crippen LogP contribution in [0.2, 0.25) is 0 Å². The number of anilines is 1. The first-order valence-electron chi connectivity index (χ1n) is 8.22. The Balaban J connectivity index is 1.75. The summed E-state index contributed by atoms with van der Waals surface area (Å²) in [5, 5.41) is 12.5. The second kappa shape index (κ2) is 6.15. The third-order valence-corrected chi connectivity index (χ3v) is 4.10. The van der Waals surface area contributed by atoms with Gasteiger partial charge in [0, 0.05) is 37.0 Å². The lowest BCUT2D eigenvalue weighted by Gasteiger charge is -2.18. The molecule has 3 rings (SSSR count). The summed E-state index contributed by atoms with van der Waals surface area (Å²) in [6, 6.07) is 10.4. The minimum atomic E-state index is 0.00276. The molecule has 0 radical (unpaired) electrons. The van der Waals surface area contributed by atoms with E-state index in [-0.39, 0.29) is 5.54 Å². The topological polar surface area (TPSA) is 47.7 Å². The van der Waals surface area contributed by atoms with Crippen LogP contribution in [0.25, 0.3) is 11.3 Å². The van der Waals surface area contributed by atoms with Gasteiger partial charge in [-0.2, -0.15) is 10.2 Å². The highest BCUT2D eigenvalue weighted by atomic mass is 15.3. The number of aromatic nitrogens is 4. The van der Waals surface area contributed by atoms with Crippen molar-refractivity contribution in [2.24, 2.45) is 7.05 Å². The number of nitrogens with zero attached hydrogens (tertiary/aromatic N) is 4. The van der Waals surface area contributed by atoms with Crippen LogP contribution in [0.15, 0.2) is 42.7 Å². The quantitative estimate of drug-likeness (QED) is 0.790. The molecular weight excluding hydrogens is 298 g/mol. The van der Waals surface area contributed by atoms with Crippen LogP contribution in [0.5, 0.6) is 0 Å². The van der Waals surface area contributed by atoms with E-state index in [0.717, 1.165) is 23.6 Å². The van der Waals surface area contributed by atoms with Crippen molar-refractivity contribution in [3.8, 4) is 11.3 Å². The molecule has 0 atom stereocenters. The molecule has 0 saturated carbocycles. The maximum Gasteiger partial charge on any atom is 0.124 e. The second-order valence-electron chi connectivity index (χ2n) is 7.17. The molecule has 0 saturated heterocycles. The van der Waals surface area contributed by atoms with Crippen molar-refractivity contribution in [3.05, 3.63) is 53.9 Å². The fourth-order valence-electron chi connectivity index (χ4n) is 2.64. The standard InChI is InChI=1S/C19H25N5/c1-14-8-6-7-9-16(14)17-10-18(23(5)22-17)20-11-15-12-21-24(13-15)19(2,3)4/h6-10,12-13,20H,11H2,1-5H3. The Morgan fingerprint density at radius 1 is 1.17 bits per heavy atom. The maximum absolute atomic E-state index is 4.63. The first kappa shape index (κ1) is 16.3. The van der Waals surface area contributed by atoms with Crippen molar-refractivity contribution in [1.82, 2.24) is 19.6 Å². The predicted octanol–water partition coefficient (Wildman–Crippen LogP) is 3.96. The van der Waals surface area contributed by atoms with E-state index in [4.69, 9.17) is 0 Å². The molecule has 0 amide bonds. The number of hydrogen-bond donors (Lipinski definition) is 1. The molecular formula is C19H25N5. The van der Waals surface area contributed by atoms with Gasteiger partial charge in [0.2, 0.25) is 0 Å². The fourth-order valence-corrected chi connectivity index (χ4v) is 2.64. The van der Waals surface area contributed by atoms with Crippen molar-refractivity contribution >= 4 is 5.82 Å². The van der Waals surface area contributed by atoms with Crippen LogP contribution < -0.4 is 5.32 Å². The third kappa shape index (κ3) is 3.35. The summed E-state index contributed by atoms with van der Waals surface area (Å²) in [4.78, 5) is 0. The van der Waals surface area contributed by atoms with Crippen molar-refractivity contribution in [2.75, 3.05) is 5.32 Å². The summed E-state index contributed by atoms with van der Waals surface area (Å²) in [6.45, 7) is 9.27. The monoisotopic (exact) mass is 323 g/mol. The first-order valence-corrected chi connectivity index (χ1v) is 8.22. The van der Waals surface area contributed by atoms with Gasteiger partial charge in [0.05, 0.1) is 17.4 Å². The lowest BCUT2D eigenvalue weighted by Crippen LogP contribution is -2.22. The zero-order valence-electron chi connectivity index (χ0n) is 15.0. The molecule has 126 valence electrons. The molecule has 5 nitrogen and oxygen atoms in total. The average molecular weight is 323 g/mol. The van der Waals surface area contributed by atoms with E-state index in [1.807, 2.05) is 34.7 Å². The molecule has 2 aromatic heterocycles. The Labute approximate surface area is 143 Å². The van der Waals surface area contributed by atoms with Gasteiger partial charge in [-0.15, -0.1) is 0 Å². The minimum Gasteiger partial charge on any atom is -0.366 e. The highest BCUT2D eigenvalue weighted by molar-refractivity contribution is 5.66. The zero-order valence-corrected chi connectivity index (χ0v) is 15.0. The van der Waals surface area contributed by atoms with Crippen LogP contribution in [0.4, 0.5) is 5.82 Å². The highest BCUT2D eigenvalue weighted by Crippen LogP contribution is 2.24. The van der Waals surface area contributed by atoms with E-state index >= 15 is 0 Å². The second-order valence-corrected chi connectivity index (χ2v) is 7.17. The summed E-state index contributed by atoms with van der Waals surface area (Å²) in [5.74, 6) is 0.997. The summed E-state index contributed by atoms with van der Waals surface area (Å²) < 4.78 is 3.88. The molecule has 0 aliphatic heterocycles. The Kier molecular flexibility index (Phi) is 4.18. The number of benzene rings is 1. The molecule has 2 heterocycles. The molecule has 1 N–H and O–H groups in total. The van der Waals surface area contributed by atoms with Gasteiger partial charge in [-0.3, -0.25) is 9.36 Å². The normalized spacial score (nSPS) is 11.7.